The Balaban J connectivity index is 1.83. The van der Waals surface area contributed by atoms with E-state index < -0.39 is 0 Å². The van der Waals surface area contributed by atoms with Crippen LogP contribution in [0.5, 0.6) is 0 Å². The van der Waals surface area contributed by atoms with Gasteiger partial charge in [-0.3, -0.25) is 9.59 Å². The van der Waals surface area contributed by atoms with Crippen molar-refractivity contribution in [3.63, 3.8) is 0 Å². The molecule has 0 fully saturated rings. The lowest BCUT2D eigenvalue weighted by Gasteiger charge is -2.05. The summed E-state index contributed by atoms with van der Waals surface area (Å²) < 4.78 is 0.887. The van der Waals surface area contributed by atoms with Crippen molar-refractivity contribution >= 4 is 33.5 Å². The molecule has 2 amide bonds. The van der Waals surface area contributed by atoms with Crippen molar-refractivity contribution in [1.29, 1.82) is 0 Å². The average Bonchev–Trinajstić information content (AvgIpc) is 2.59. The predicted molar refractivity (Wildman–Crippen MR) is 93.3 cm³/mol. The van der Waals surface area contributed by atoms with Gasteiger partial charge in [0.05, 0.1) is 12.3 Å². The monoisotopic (exact) mass is 373 g/mol. The summed E-state index contributed by atoms with van der Waals surface area (Å²) in [6.07, 6.45) is 0. The van der Waals surface area contributed by atoms with Crippen molar-refractivity contribution in [1.82, 2.24) is 10.7 Å². The number of amides is 2. The van der Waals surface area contributed by atoms with Crippen LogP contribution in [0, 0.1) is 0 Å². The molecule has 0 saturated heterocycles. The van der Waals surface area contributed by atoms with Gasteiger partial charge < -0.3 is 5.32 Å². The molecule has 0 radical (unpaired) electrons. The lowest BCUT2D eigenvalue weighted by Crippen LogP contribution is -2.35. The van der Waals surface area contributed by atoms with Gasteiger partial charge in [-0.1, -0.05) is 46.3 Å². The number of rotatable bonds is 5. The number of nitrogens with zero attached hydrogens (tertiary/aromatic N) is 1. The largest absolute Gasteiger partial charge is 0.343 e. The van der Waals surface area contributed by atoms with Crippen LogP contribution in [0.4, 0.5) is 0 Å². The molecule has 2 rings (SSSR count). The topological polar surface area (TPSA) is 70.6 Å². The molecule has 0 aliphatic heterocycles. The molecule has 23 heavy (non-hydrogen) atoms. The maximum absolute atomic E-state index is 11.9. The predicted octanol–water partition coefficient (Wildman–Crippen LogP) is 2.72. The first kappa shape index (κ1) is 16.9. The van der Waals surface area contributed by atoms with Crippen LogP contribution in [0.15, 0.2) is 64.2 Å². The van der Waals surface area contributed by atoms with Gasteiger partial charge in [-0.25, -0.2) is 5.43 Å². The molecule has 118 valence electrons. The second kappa shape index (κ2) is 8.24. The Morgan fingerprint density at radius 3 is 2.30 bits per heavy atom. The Bertz CT molecular complexity index is 712. The fourth-order valence-electron chi connectivity index (χ4n) is 1.79. The maximum Gasteiger partial charge on any atom is 0.259 e. The second-order valence-corrected chi connectivity index (χ2v) is 5.70. The van der Waals surface area contributed by atoms with E-state index in [2.05, 4.69) is 31.8 Å². The quantitative estimate of drug-likeness (QED) is 0.624. The van der Waals surface area contributed by atoms with Crippen LogP contribution in [0.25, 0.3) is 0 Å². The molecule has 0 spiro atoms. The van der Waals surface area contributed by atoms with Crippen molar-refractivity contribution in [2.75, 3.05) is 6.54 Å². The van der Waals surface area contributed by atoms with Crippen molar-refractivity contribution in [3.05, 3.63) is 70.2 Å². The number of nitrogens with one attached hydrogen (secondary N) is 2. The first-order chi connectivity index (χ1) is 11.1. The summed E-state index contributed by atoms with van der Waals surface area (Å²) in [5.41, 5.74) is 4.53. The van der Waals surface area contributed by atoms with Gasteiger partial charge in [0, 0.05) is 10.0 Å². The smallest absolute Gasteiger partial charge is 0.259 e. The molecule has 0 aliphatic rings. The number of benzene rings is 2. The van der Waals surface area contributed by atoms with Gasteiger partial charge in [0.2, 0.25) is 0 Å². The van der Waals surface area contributed by atoms with Crippen LogP contribution < -0.4 is 10.7 Å². The molecule has 0 bridgehead atoms. The Hall–Kier alpha value is -2.47. The third-order valence-corrected chi connectivity index (χ3v) is 3.58. The molecule has 0 heterocycles. The summed E-state index contributed by atoms with van der Waals surface area (Å²) in [4.78, 5) is 23.6. The molecule has 0 atom stereocenters. The van der Waals surface area contributed by atoms with Gasteiger partial charge in [-0.05, 0) is 36.8 Å². The molecule has 2 aromatic carbocycles. The van der Waals surface area contributed by atoms with Crippen molar-refractivity contribution in [3.8, 4) is 0 Å². The Kier molecular flexibility index (Phi) is 6.05. The fraction of sp³-hybridized carbons (Fsp3) is 0.118. The SMILES string of the molecule is CC(=NNC(=O)CNC(=O)c1ccc(Br)cc1)c1ccccc1. The van der Waals surface area contributed by atoms with E-state index in [1.807, 2.05) is 30.3 Å². The molecule has 5 nitrogen and oxygen atoms in total. The van der Waals surface area contributed by atoms with E-state index in [0.29, 0.717) is 11.3 Å². The highest BCUT2D eigenvalue weighted by molar-refractivity contribution is 9.10. The van der Waals surface area contributed by atoms with Crippen molar-refractivity contribution < 1.29 is 9.59 Å². The van der Waals surface area contributed by atoms with Crippen LogP contribution in [-0.4, -0.2) is 24.1 Å². The molecular weight excluding hydrogens is 358 g/mol. The lowest BCUT2D eigenvalue weighted by atomic mass is 10.1. The van der Waals surface area contributed by atoms with Gasteiger partial charge in [-0.15, -0.1) is 0 Å². The summed E-state index contributed by atoms with van der Waals surface area (Å²) in [6.45, 7) is 1.66. The number of carbonyl (C=O) groups excluding carboxylic acids is 2. The first-order valence-corrected chi connectivity index (χ1v) is 7.78. The Morgan fingerprint density at radius 2 is 1.65 bits per heavy atom. The zero-order valence-electron chi connectivity index (χ0n) is 12.5. The average molecular weight is 374 g/mol. The Morgan fingerprint density at radius 1 is 1.00 bits per heavy atom. The third kappa shape index (κ3) is 5.34. The molecule has 0 saturated carbocycles. The van der Waals surface area contributed by atoms with Crippen LogP contribution in [0.3, 0.4) is 0 Å². The van der Waals surface area contributed by atoms with E-state index in [4.69, 9.17) is 0 Å². The standard InChI is InChI=1S/C17H16BrN3O2/c1-12(13-5-3-2-4-6-13)20-21-16(22)11-19-17(23)14-7-9-15(18)10-8-14/h2-10H,11H2,1H3,(H,19,23)(H,21,22). The summed E-state index contributed by atoms with van der Waals surface area (Å²) >= 11 is 3.30. The molecule has 2 N–H and O–H groups in total. The zero-order chi connectivity index (χ0) is 16.7. The third-order valence-electron chi connectivity index (χ3n) is 3.06. The lowest BCUT2D eigenvalue weighted by molar-refractivity contribution is -0.120. The van der Waals surface area contributed by atoms with Crippen LogP contribution in [0.1, 0.15) is 22.8 Å². The van der Waals surface area contributed by atoms with E-state index in [-0.39, 0.29) is 18.4 Å². The van der Waals surface area contributed by atoms with Crippen molar-refractivity contribution in [2.45, 2.75) is 6.92 Å². The summed E-state index contributed by atoms with van der Waals surface area (Å²) in [7, 11) is 0. The minimum absolute atomic E-state index is 0.138. The molecule has 6 heteroatoms. The molecular formula is C17H16BrN3O2. The minimum Gasteiger partial charge on any atom is -0.343 e. The number of halogens is 1. The number of hydrazone groups is 1. The second-order valence-electron chi connectivity index (χ2n) is 4.79. The number of hydrogen-bond acceptors (Lipinski definition) is 3. The fourth-order valence-corrected chi connectivity index (χ4v) is 2.06. The van der Waals surface area contributed by atoms with E-state index in [1.54, 1.807) is 31.2 Å². The minimum atomic E-state index is -0.384. The maximum atomic E-state index is 11.9. The van der Waals surface area contributed by atoms with Crippen molar-refractivity contribution in [2.24, 2.45) is 5.10 Å². The van der Waals surface area contributed by atoms with E-state index >= 15 is 0 Å². The van der Waals surface area contributed by atoms with Gasteiger partial charge in [-0.2, -0.15) is 5.10 Å². The highest BCUT2D eigenvalue weighted by Gasteiger charge is 2.07. The van der Waals surface area contributed by atoms with Gasteiger partial charge >= 0.3 is 0 Å². The highest BCUT2D eigenvalue weighted by atomic mass is 79.9. The van der Waals surface area contributed by atoms with Crippen LogP contribution >= 0.6 is 15.9 Å². The zero-order valence-corrected chi connectivity index (χ0v) is 14.1. The molecule has 0 aromatic heterocycles. The normalized spacial score (nSPS) is 11.0. The van der Waals surface area contributed by atoms with Gasteiger partial charge in [0.1, 0.15) is 0 Å². The first-order valence-electron chi connectivity index (χ1n) is 6.98. The van der Waals surface area contributed by atoms with Gasteiger partial charge in [0.15, 0.2) is 0 Å². The highest BCUT2D eigenvalue weighted by Crippen LogP contribution is 2.10. The summed E-state index contributed by atoms with van der Waals surface area (Å²) in [5, 5.41) is 6.56. The van der Waals surface area contributed by atoms with Crippen LogP contribution in [-0.2, 0) is 4.79 Å². The Labute approximate surface area is 142 Å². The summed E-state index contributed by atoms with van der Waals surface area (Å²) in [5.74, 6) is -0.692. The number of hydrogen-bond donors (Lipinski definition) is 2. The summed E-state index contributed by atoms with van der Waals surface area (Å²) in [6, 6.07) is 16.4. The van der Waals surface area contributed by atoms with Gasteiger partial charge in [0.25, 0.3) is 11.8 Å². The molecule has 0 aliphatic carbocycles. The molecule has 2 aromatic rings. The van der Waals surface area contributed by atoms with E-state index in [1.165, 1.54) is 0 Å². The van der Waals surface area contributed by atoms with E-state index in [9.17, 15) is 9.59 Å². The molecule has 0 unspecified atom stereocenters. The number of carbonyl (C=O) groups is 2. The van der Waals surface area contributed by atoms with Crippen LogP contribution in [0.2, 0.25) is 0 Å². The van der Waals surface area contributed by atoms with E-state index in [0.717, 1.165) is 10.0 Å².